The van der Waals surface area contributed by atoms with Gasteiger partial charge in [0.1, 0.15) is 0 Å². The molecule has 0 amide bonds. The first-order chi connectivity index (χ1) is 5.42. The fraction of sp³-hybridized carbons (Fsp3) is 0.222. The van der Waals surface area contributed by atoms with Crippen molar-refractivity contribution in [3.63, 3.8) is 0 Å². The largest absolute Gasteiger partial charge is 0.364 e. The van der Waals surface area contributed by atoms with E-state index in [1.165, 1.54) is 17.5 Å². The Morgan fingerprint density at radius 1 is 1.55 bits per heavy atom. The molecular formula is C9H10N2. The van der Waals surface area contributed by atoms with Crippen LogP contribution < -0.4 is 0 Å². The minimum atomic E-state index is 0.996. The van der Waals surface area contributed by atoms with E-state index in [9.17, 15) is 0 Å². The Hall–Kier alpha value is -1.31. The van der Waals surface area contributed by atoms with Crippen molar-refractivity contribution in [3.8, 4) is 0 Å². The van der Waals surface area contributed by atoms with Crippen LogP contribution in [0.2, 0.25) is 0 Å². The quantitative estimate of drug-likeness (QED) is 0.569. The molecule has 1 aromatic heterocycles. The summed E-state index contributed by atoms with van der Waals surface area (Å²) in [5.74, 6) is 0. The van der Waals surface area contributed by atoms with Gasteiger partial charge in [-0.2, -0.15) is 0 Å². The van der Waals surface area contributed by atoms with E-state index in [2.05, 4.69) is 17.1 Å². The van der Waals surface area contributed by atoms with Gasteiger partial charge in [0.25, 0.3) is 0 Å². The lowest BCUT2D eigenvalue weighted by molar-refractivity contribution is 0.945. The lowest BCUT2D eigenvalue weighted by Gasteiger charge is -2.03. The van der Waals surface area contributed by atoms with E-state index in [0.717, 1.165) is 18.4 Å². The van der Waals surface area contributed by atoms with Crippen LogP contribution in [0, 0.1) is 5.41 Å². The number of hydrogen-bond donors (Lipinski definition) is 2. The summed E-state index contributed by atoms with van der Waals surface area (Å²) in [6.07, 6.45) is 9.74. The first-order valence-electron chi connectivity index (χ1n) is 3.79. The molecule has 0 atom stereocenters. The number of hydrogen-bond acceptors (Lipinski definition) is 1. The molecule has 1 aliphatic carbocycles. The van der Waals surface area contributed by atoms with Crippen molar-refractivity contribution < 1.29 is 0 Å². The Bertz CT molecular complexity index is 307. The Kier molecular flexibility index (Phi) is 1.39. The summed E-state index contributed by atoms with van der Waals surface area (Å²) in [7, 11) is 0. The molecule has 2 heteroatoms. The Balaban J connectivity index is 2.56. The highest BCUT2D eigenvalue weighted by Crippen LogP contribution is 2.20. The van der Waals surface area contributed by atoms with Gasteiger partial charge in [-0.15, -0.1) is 0 Å². The van der Waals surface area contributed by atoms with E-state index < -0.39 is 0 Å². The summed E-state index contributed by atoms with van der Waals surface area (Å²) in [4.78, 5) is 3.17. The van der Waals surface area contributed by atoms with Crippen LogP contribution in [0.1, 0.15) is 23.2 Å². The summed E-state index contributed by atoms with van der Waals surface area (Å²) < 4.78 is 0. The van der Waals surface area contributed by atoms with E-state index >= 15 is 0 Å². The molecule has 2 rings (SSSR count). The van der Waals surface area contributed by atoms with Crippen molar-refractivity contribution in [2.75, 3.05) is 0 Å². The zero-order chi connectivity index (χ0) is 7.68. The second-order valence-electron chi connectivity index (χ2n) is 2.72. The minimum absolute atomic E-state index is 0.996. The maximum atomic E-state index is 7.12. The van der Waals surface area contributed by atoms with Gasteiger partial charge in [-0.25, -0.2) is 0 Å². The molecule has 0 spiro atoms. The van der Waals surface area contributed by atoms with Gasteiger partial charge in [0, 0.05) is 29.2 Å². The molecule has 0 radical (unpaired) electrons. The molecule has 2 nitrogen and oxygen atoms in total. The van der Waals surface area contributed by atoms with Gasteiger partial charge < -0.3 is 10.4 Å². The molecule has 1 aliphatic rings. The number of aromatic amines is 1. The first kappa shape index (κ1) is 6.40. The van der Waals surface area contributed by atoms with Gasteiger partial charge in [0.15, 0.2) is 0 Å². The summed E-state index contributed by atoms with van der Waals surface area (Å²) in [6.45, 7) is 0. The van der Waals surface area contributed by atoms with Gasteiger partial charge >= 0.3 is 0 Å². The summed E-state index contributed by atoms with van der Waals surface area (Å²) in [5, 5.41) is 7.12. The molecule has 0 aliphatic heterocycles. The van der Waals surface area contributed by atoms with Crippen LogP contribution in [-0.4, -0.2) is 11.2 Å². The van der Waals surface area contributed by atoms with Crippen LogP contribution in [0.15, 0.2) is 12.3 Å². The molecule has 0 aromatic carbocycles. The summed E-state index contributed by atoms with van der Waals surface area (Å²) >= 11 is 0. The average Bonchev–Trinajstić information content (AvgIpc) is 2.47. The van der Waals surface area contributed by atoms with Crippen LogP contribution in [0.3, 0.4) is 0 Å². The molecule has 0 unspecified atom stereocenters. The third kappa shape index (κ3) is 0.909. The average molecular weight is 146 g/mol. The van der Waals surface area contributed by atoms with Crippen molar-refractivity contribution in [1.29, 1.82) is 5.41 Å². The number of aryl methyl sites for hydroxylation is 1. The topological polar surface area (TPSA) is 39.6 Å². The summed E-state index contributed by atoms with van der Waals surface area (Å²) in [6, 6.07) is 0. The molecule has 0 saturated heterocycles. The third-order valence-electron chi connectivity index (χ3n) is 2.04. The smallest absolute Gasteiger partial charge is 0.0271 e. The van der Waals surface area contributed by atoms with E-state index in [0.29, 0.717) is 0 Å². The molecule has 1 heterocycles. The van der Waals surface area contributed by atoms with Crippen molar-refractivity contribution in [3.05, 3.63) is 29.1 Å². The van der Waals surface area contributed by atoms with Gasteiger partial charge in [-0.05, 0) is 12.8 Å². The number of rotatable bonds is 1. The minimum Gasteiger partial charge on any atom is -0.364 e. The highest BCUT2D eigenvalue weighted by molar-refractivity contribution is 5.84. The van der Waals surface area contributed by atoms with Crippen LogP contribution in [0.5, 0.6) is 0 Å². The van der Waals surface area contributed by atoms with Crippen molar-refractivity contribution in [2.45, 2.75) is 12.8 Å². The van der Waals surface area contributed by atoms with E-state index in [1.54, 1.807) is 0 Å². The molecular weight excluding hydrogens is 136 g/mol. The summed E-state index contributed by atoms with van der Waals surface area (Å²) in [5.41, 5.74) is 3.47. The van der Waals surface area contributed by atoms with Crippen LogP contribution in [-0.2, 0) is 6.42 Å². The van der Waals surface area contributed by atoms with Crippen LogP contribution in [0.4, 0.5) is 0 Å². The Labute approximate surface area is 65.5 Å². The second-order valence-corrected chi connectivity index (χ2v) is 2.72. The highest BCUT2D eigenvalue weighted by Gasteiger charge is 2.08. The lowest BCUT2D eigenvalue weighted by atomic mass is 10.0. The number of H-pyrrole nitrogens is 1. The fourth-order valence-corrected chi connectivity index (χ4v) is 1.45. The van der Waals surface area contributed by atoms with Crippen LogP contribution >= 0.6 is 0 Å². The number of allylic oxidation sites excluding steroid dienone is 1. The van der Waals surface area contributed by atoms with Gasteiger partial charge in [-0.3, -0.25) is 0 Å². The maximum Gasteiger partial charge on any atom is 0.0271 e. The number of fused-ring (bicyclic) bond motifs is 1. The Morgan fingerprint density at radius 2 is 2.45 bits per heavy atom. The standard InChI is InChI=1S/C9H10N2/c10-5-7-6-11-9-4-2-1-3-8(7)9/h1,3,5-6,10-11H,2,4H2. The maximum absolute atomic E-state index is 7.12. The highest BCUT2D eigenvalue weighted by atomic mass is 14.7. The van der Waals surface area contributed by atoms with Gasteiger partial charge in [0.2, 0.25) is 0 Å². The monoisotopic (exact) mass is 146 g/mol. The molecule has 56 valence electrons. The molecule has 2 N–H and O–H groups in total. The molecule has 1 aromatic rings. The molecule has 0 bridgehead atoms. The van der Waals surface area contributed by atoms with E-state index in [4.69, 9.17) is 5.41 Å². The Morgan fingerprint density at radius 3 is 3.27 bits per heavy atom. The fourth-order valence-electron chi connectivity index (χ4n) is 1.45. The SMILES string of the molecule is N=Cc1c[nH]c2c1C=CCC2. The molecule has 0 fully saturated rings. The van der Waals surface area contributed by atoms with Crippen LogP contribution in [0.25, 0.3) is 6.08 Å². The van der Waals surface area contributed by atoms with Crippen molar-refractivity contribution in [1.82, 2.24) is 4.98 Å². The second kappa shape index (κ2) is 2.38. The third-order valence-corrected chi connectivity index (χ3v) is 2.04. The zero-order valence-electron chi connectivity index (χ0n) is 6.22. The van der Waals surface area contributed by atoms with E-state index in [1.807, 2.05) is 6.20 Å². The van der Waals surface area contributed by atoms with E-state index in [-0.39, 0.29) is 0 Å². The van der Waals surface area contributed by atoms with Crippen molar-refractivity contribution in [2.24, 2.45) is 0 Å². The normalized spacial score (nSPS) is 14.5. The lowest BCUT2D eigenvalue weighted by Crippen LogP contribution is -1.92. The molecule has 0 saturated carbocycles. The van der Waals surface area contributed by atoms with Crippen molar-refractivity contribution >= 4 is 12.3 Å². The zero-order valence-corrected chi connectivity index (χ0v) is 6.22. The van der Waals surface area contributed by atoms with Gasteiger partial charge in [0.05, 0.1) is 0 Å². The first-order valence-corrected chi connectivity index (χ1v) is 3.79. The number of aromatic nitrogens is 1. The predicted molar refractivity (Wildman–Crippen MR) is 46.0 cm³/mol. The van der Waals surface area contributed by atoms with Gasteiger partial charge in [-0.1, -0.05) is 12.2 Å². The predicted octanol–water partition coefficient (Wildman–Crippen LogP) is 1.97. The molecule has 11 heavy (non-hydrogen) atoms. The number of nitrogens with one attached hydrogen (secondary N) is 2.